The SMILES string of the molecule is Cc1cn(C2CN(P(=O)(OCC3CN(C(c4ccccc4)(c4ccccc4)c4ccccc4)CC(n4cnc5c(NC(=O)c6ccccc6)ncnc54)O3)N(C)C)CC(COC(=O)COC(=O)c3cc(O)c(O)c(O)c3)O2)c(=O)[nH]c1=O. The van der Waals surface area contributed by atoms with Crippen molar-refractivity contribution in [2.45, 2.75) is 37.1 Å². The molecule has 2 saturated heterocycles. The number of imidazole rings is 1. The van der Waals surface area contributed by atoms with Gasteiger partial charge in [-0.1, -0.05) is 109 Å². The number of phenolic OH excluding ortho intramolecular Hbond substituents is 3. The van der Waals surface area contributed by atoms with Crippen LogP contribution in [-0.2, 0) is 38.4 Å². The number of aromatic hydroxyl groups is 3. The number of H-pyrrole nitrogens is 1. The first kappa shape index (κ1) is 56.4. The van der Waals surface area contributed by atoms with Crippen molar-refractivity contribution in [3.8, 4) is 17.2 Å². The Bertz CT molecular complexity index is 3660. The van der Waals surface area contributed by atoms with Gasteiger partial charge in [0.05, 0.1) is 36.7 Å². The summed E-state index contributed by atoms with van der Waals surface area (Å²) in [5, 5.41) is 32.3. The number of carbonyl (C=O) groups excluding carboxylic acids is 3. The summed E-state index contributed by atoms with van der Waals surface area (Å²) in [5.41, 5.74) is 1.22. The van der Waals surface area contributed by atoms with E-state index in [1.54, 1.807) is 49.3 Å². The van der Waals surface area contributed by atoms with Crippen LogP contribution in [-0.4, -0.2) is 149 Å². The molecule has 2 aliphatic heterocycles. The second kappa shape index (κ2) is 24.1. The summed E-state index contributed by atoms with van der Waals surface area (Å²) >= 11 is 0. The highest BCUT2D eigenvalue weighted by molar-refractivity contribution is 7.53. The first-order valence-corrected chi connectivity index (χ1v) is 27.4. The van der Waals surface area contributed by atoms with Gasteiger partial charge in [0.25, 0.3) is 11.5 Å². The minimum atomic E-state index is -4.23. The summed E-state index contributed by atoms with van der Waals surface area (Å²) < 4.78 is 52.3. The third kappa shape index (κ3) is 11.5. The van der Waals surface area contributed by atoms with E-state index in [2.05, 4.69) is 61.6 Å². The van der Waals surface area contributed by atoms with Crippen LogP contribution in [0.2, 0.25) is 0 Å². The number of hydrogen-bond acceptors (Lipinski definition) is 18. The van der Waals surface area contributed by atoms with Crippen molar-refractivity contribution in [2.75, 3.05) is 65.4 Å². The number of aromatic amines is 1. The van der Waals surface area contributed by atoms with Gasteiger partial charge in [0.1, 0.15) is 25.3 Å². The number of morpholine rings is 2. The van der Waals surface area contributed by atoms with Crippen LogP contribution in [0, 0.1) is 6.92 Å². The summed E-state index contributed by atoms with van der Waals surface area (Å²) in [7, 11) is -1.11. The molecule has 424 valence electrons. The Kier molecular flexibility index (Phi) is 16.6. The number of aryl methyl sites for hydroxylation is 1. The molecule has 82 heavy (non-hydrogen) atoms. The molecule has 0 spiro atoms. The highest BCUT2D eigenvalue weighted by Gasteiger charge is 2.48. The van der Waals surface area contributed by atoms with Crippen LogP contribution in [0.15, 0.2) is 162 Å². The van der Waals surface area contributed by atoms with E-state index in [9.17, 15) is 39.3 Å². The largest absolute Gasteiger partial charge is 0.504 e. The van der Waals surface area contributed by atoms with Crippen LogP contribution < -0.4 is 16.6 Å². The Hall–Kier alpha value is -8.87. The summed E-state index contributed by atoms with van der Waals surface area (Å²) in [5.74, 6) is -4.84. The monoisotopic (exact) mass is 1140 g/mol. The average molecular weight is 1140 g/mol. The molecule has 2 aliphatic rings. The van der Waals surface area contributed by atoms with Crippen LogP contribution in [0.3, 0.4) is 0 Å². The van der Waals surface area contributed by atoms with E-state index in [1.807, 2.05) is 60.7 Å². The Morgan fingerprint density at radius 2 is 1.30 bits per heavy atom. The molecule has 5 N–H and O–H groups in total. The minimum Gasteiger partial charge on any atom is -0.504 e. The number of fused-ring (bicyclic) bond motifs is 1. The molecule has 5 aromatic carbocycles. The van der Waals surface area contributed by atoms with Gasteiger partial charge in [-0.05, 0) is 62.0 Å². The standard InChI is InChI=1S/C57H57N10O14P/c1-36-26-66(56(75)62-53(36)72)47-30-65(28-43(81-47)31-77-48(70)33-78-55(74)38-24-44(68)50(71)45(69)25-38)82(76,63(2)3)79-32-42-27-64(57(39-18-10-5-11-19-39,40-20-12-6-13-21-40)41-22-14-7-15-23-41)29-46(80-42)67-35-60-49-51(58-34-59-52(49)67)61-54(73)37-16-8-4-9-17-37/h4-26,34-35,42-43,46-47,68-69,71H,27-33H2,1-3H3,(H,62,72,75)(H,58,59,61,73). The van der Waals surface area contributed by atoms with Crippen molar-refractivity contribution in [3.63, 3.8) is 0 Å². The van der Waals surface area contributed by atoms with Crippen LogP contribution in [0.4, 0.5) is 5.82 Å². The molecular formula is C57H57N10O14P. The number of esters is 2. The Morgan fingerprint density at radius 3 is 1.90 bits per heavy atom. The zero-order chi connectivity index (χ0) is 57.7. The summed E-state index contributed by atoms with van der Waals surface area (Å²) in [6.45, 7) is -0.260. The van der Waals surface area contributed by atoms with Crippen molar-refractivity contribution in [2.24, 2.45) is 0 Å². The van der Waals surface area contributed by atoms with Gasteiger partial charge in [-0.2, -0.15) is 0 Å². The zero-order valence-corrected chi connectivity index (χ0v) is 45.4. The molecule has 0 bridgehead atoms. The number of aromatic nitrogens is 6. The van der Waals surface area contributed by atoms with Crippen molar-refractivity contribution in [1.82, 2.24) is 43.3 Å². The molecule has 2 fully saturated rings. The molecule has 0 aliphatic carbocycles. The quantitative estimate of drug-likeness (QED) is 0.0305. The minimum absolute atomic E-state index is 0.170. The average Bonchev–Trinajstić information content (AvgIpc) is 2.60. The van der Waals surface area contributed by atoms with Gasteiger partial charge in [-0.3, -0.25) is 33.2 Å². The number of anilines is 1. The van der Waals surface area contributed by atoms with Crippen LogP contribution in [0.25, 0.3) is 11.2 Å². The highest BCUT2D eigenvalue weighted by Crippen LogP contribution is 2.55. The number of nitrogens with one attached hydrogen (secondary N) is 2. The molecule has 8 aromatic rings. The van der Waals surface area contributed by atoms with Gasteiger partial charge in [0, 0.05) is 37.0 Å². The van der Waals surface area contributed by atoms with Crippen molar-refractivity contribution >= 4 is 42.5 Å². The van der Waals surface area contributed by atoms with E-state index in [0.717, 1.165) is 33.4 Å². The third-order valence-electron chi connectivity index (χ3n) is 14.1. The number of nitrogens with zero attached hydrogens (tertiary/aromatic N) is 8. The van der Waals surface area contributed by atoms with E-state index in [1.165, 1.54) is 28.8 Å². The number of rotatable bonds is 18. The Morgan fingerprint density at radius 1 is 0.732 bits per heavy atom. The first-order chi connectivity index (χ1) is 39.5. The number of carbonyl (C=O) groups is 3. The fourth-order valence-electron chi connectivity index (χ4n) is 10.2. The molecule has 1 amide bonds. The van der Waals surface area contributed by atoms with E-state index in [4.69, 9.17) is 28.5 Å². The number of phenols is 3. The van der Waals surface area contributed by atoms with Gasteiger partial charge in [0.2, 0.25) is 0 Å². The van der Waals surface area contributed by atoms with Crippen molar-refractivity contribution < 1.29 is 57.7 Å². The maximum atomic E-state index is 15.9. The molecule has 5 heterocycles. The van der Waals surface area contributed by atoms with Gasteiger partial charge in [-0.15, -0.1) is 0 Å². The zero-order valence-electron chi connectivity index (χ0n) is 44.6. The summed E-state index contributed by atoms with van der Waals surface area (Å²) in [4.78, 5) is 83.5. The molecule has 25 heteroatoms. The molecular weight excluding hydrogens is 1080 g/mol. The van der Waals surface area contributed by atoms with Crippen LogP contribution in [0.1, 0.15) is 55.4 Å². The van der Waals surface area contributed by atoms with Gasteiger partial charge in [-0.25, -0.2) is 38.7 Å². The third-order valence-corrected chi connectivity index (χ3v) is 16.6. The molecule has 24 nitrogen and oxygen atoms in total. The lowest BCUT2D eigenvalue weighted by Gasteiger charge is -2.51. The van der Waals surface area contributed by atoms with Gasteiger partial charge >= 0.3 is 25.3 Å². The normalized spacial score (nSPS) is 18.6. The van der Waals surface area contributed by atoms with Crippen LogP contribution in [0.5, 0.6) is 17.2 Å². The van der Waals surface area contributed by atoms with E-state index in [-0.39, 0.29) is 49.7 Å². The first-order valence-electron chi connectivity index (χ1n) is 25.9. The van der Waals surface area contributed by atoms with Gasteiger partial charge in [0.15, 0.2) is 47.1 Å². The fourth-order valence-corrected chi connectivity index (χ4v) is 12.2. The lowest BCUT2D eigenvalue weighted by atomic mass is 9.75. The molecule has 3 aromatic heterocycles. The van der Waals surface area contributed by atoms with Crippen molar-refractivity contribution in [1.29, 1.82) is 0 Å². The number of hydrogen-bond donors (Lipinski definition) is 5. The van der Waals surface area contributed by atoms with E-state index in [0.29, 0.717) is 16.7 Å². The topological polar surface area (TPSA) is 295 Å². The maximum absolute atomic E-state index is 15.9. The lowest BCUT2D eigenvalue weighted by Crippen LogP contribution is -2.57. The molecule has 0 radical (unpaired) electrons. The van der Waals surface area contributed by atoms with Crippen LogP contribution >= 0.6 is 7.67 Å². The molecule has 0 saturated carbocycles. The smallest absolute Gasteiger partial charge is 0.345 e. The maximum Gasteiger partial charge on any atom is 0.345 e. The highest BCUT2D eigenvalue weighted by atomic mass is 31.2. The molecule has 5 atom stereocenters. The second-order valence-electron chi connectivity index (χ2n) is 19.6. The Labute approximate surface area is 468 Å². The van der Waals surface area contributed by atoms with Crippen molar-refractivity contribution in [3.05, 3.63) is 207 Å². The predicted molar refractivity (Wildman–Crippen MR) is 296 cm³/mol. The van der Waals surface area contributed by atoms with Gasteiger partial charge < -0.3 is 44.1 Å². The molecule has 10 rings (SSSR count). The number of ether oxygens (including phenoxy) is 4. The summed E-state index contributed by atoms with van der Waals surface area (Å²) in [6, 6.07) is 40.5. The summed E-state index contributed by atoms with van der Waals surface area (Å²) in [6.07, 6.45) is 0.115. The number of benzene rings is 5. The predicted octanol–water partition coefficient (Wildman–Crippen LogP) is 5.53. The van der Waals surface area contributed by atoms with E-state index >= 15 is 4.57 Å². The second-order valence-corrected chi connectivity index (χ2v) is 22.2. The van der Waals surface area contributed by atoms with E-state index < -0.39 is 97.4 Å². The Balaban J connectivity index is 0.980. The number of amides is 1. The lowest BCUT2D eigenvalue weighted by molar-refractivity contribution is -0.163. The fraction of sp³-hybridized carbons (Fsp3) is 0.263. The molecule has 5 unspecified atom stereocenters.